The lowest BCUT2D eigenvalue weighted by Gasteiger charge is -2.07. The Morgan fingerprint density at radius 2 is 1.16 bits per heavy atom. The van der Waals surface area contributed by atoms with E-state index in [2.05, 4.69) is 65.7 Å². The van der Waals surface area contributed by atoms with Crippen molar-refractivity contribution in [1.82, 2.24) is 4.57 Å². The minimum Gasteiger partial charge on any atom is -0.234 e. The summed E-state index contributed by atoms with van der Waals surface area (Å²) < 4.78 is 5.07. The molecular formula is C30H51N2+. The summed E-state index contributed by atoms with van der Waals surface area (Å²) >= 11 is 0. The van der Waals surface area contributed by atoms with E-state index in [4.69, 9.17) is 0 Å². The van der Waals surface area contributed by atoms with Crippen molar-refractivity contribution in [3.05, 3.63) is 54.1 Å². The van der Waals surface area contributed by atoms with E-state index >= 15 is 0 Å². The van der Waals surface area contributed by atoms with E-state index in [1.54, 1.807) is 0 Å². The van der Waals surface area contributed by atoms with Gasteiger partial charge in [-0.3, -0.25) is 0 Å². The number of imidazole rings is 1. The molecule has 0 saturated carbocycles. The van der Waals surface area contributed by atoms with Gasteiger partial charge in [-0.15, -0.1) is 0 Å². The van der Waals surface area contributed by atoms with Crippen LogP contribution in [0, 0.1) is 0 Å². The van der Waals surface area contributed by atoms with E-state index in [1.165, 1.54) is 127 Å². The zero-order valence-electron chi connectivity index (χ0n) is 21.4. The topological polar surface area (TPSA) is 8.81 Å². The van der Waals surface area contributed by atoms with Crippen LogP contribution in [0.3, 0.4) is 0 Å². The third-order valence-electron chi connectivity index (χ3n) is 6.80. The first-order valence-electron chi connectivity index (χ1n) is 14.0. The quantitative estimate of drug-likeness (QED) is 0.144. The van der Waals surface area contributed by atoms with Gasteiger partial charge in [0.1, 0.15) is 12.4 Å². The minimum atomic E-state index is 1.04. The number of rotatable bonds is 20. The molecule has 2 aromatic rings. The highest BCUT2D eigenvalue weighted by atomic mass is 15.1. The Labute approximate surface area is 199 Å². The standard InChI is InChI=1S/C30H51N2/c1-3-5-7-9-11-12-14-16-21-25-32-27-26-31(24-20-15-13-10-8-6-4-2)30(32)28-29-22-18-17-19-23-29/h17-19,22-23,26-27H,3-16,20-21,24-25,28H2,1-2H3/q+1. The fraction of sp³-hybridized carbons (Fsp3) is 0.700. The molecule has 0 aliphatic rings. The number of aryl methyl sites for hydroxylation is 2. The molecule has 0 aliphatic carbocycles. The van der Waals surface area contributed by atoms with E-state index in [9.17, 15) is 0 Å². The molecule has 0 spiro atoms. The van der Waals surface area contributed by atoms with Crippen LogP contribution in [0.5, 0.6) is 0 Å². The van der Waals surface area contributed by atoms with Gasteiger partial charge in [-0.1, -0.05) is 121 Å². The fourth-order valence-electron chi connectivity index (χ4n) is 4.72. The van der Waals surface area contributed by atoms with Crippen molar-refractivity contribution in [2.24, 2.45) is 0 Å². The van der Waals surface area contributed by atoms with Gasteiger partial charge in [-0.05, 0) is 31.2 Å². The summed E-state index contributed by atoms with van der Waals surface area (Å²) in [5, 5.41) is 0. The number of hydrogen-bond acceptors (Lipinski definition) is 0. The fourth-order valence-corrected chi connectivity index (χ4v) is 4.72. The summed E-state index contributed by atoms with van der Waals surface area (Å²) in [4.78, 5) is 0. The third-order valence-corrected chi connectivity index (χ3v) is 6.80. The van der Waals surface area contributed by atoms with Crippen LogP contribution in [0.25, 0.3) is 0 Å². The van der Waals surface area contributed by atoms with Gasteiger partial charge in [-0.25, -0.2) is 9.13 Å². The van der Waals surface area contributed by atoms with Crippen molar-refractivity contribution < 1.29 is 4.57 Å². The average molecular weight is 440 g/mol. The highest BCUT2D eigenvalue weighted by molar-refractivity contribution is 5.18. The van der Waals surface area contributed by atoms with Gasteiger partial charge in [0.05, 0.1) is 19.5 Å². The Balaban J connectivity index is 1.78. The van der Waals surface area contributed by atoms with Crippen molar-refractivity contribution in [3.8, 4) is 0 Å². The van der Waals surface area contributed by atoms with Crippen molar-refractivity contribution in [2.75, 3.05) is 0 Å². The molecule has 0 amide bonds. The van der Waals surface area contributed by atoms with Gasteiger partial charge in [0.25, 0.3) is 5.82 Å². The lowest BCUT2D eigenvalue weighted by molar-refractivity contribution is -0.703. The van der Waals surface area contributed by atoms with Gasteiger partial charge in [0.2, 0.25) is 0 Å². The normalized spacial score (nSPS) is 11.3. The van der Waals surface area contributed by atoms with Crippen molar-refractivity contribution in [2.45, 2.75) is 136 Å². The lowest BCUT2D eigenvalue weighted by Crippen LogP contribution is -2.37. The average Bonchev–Trinajstić information content (AvgIpc) is 3.19. The Morgan fingerprint density at radius 3 is 1.75 bits per heavy atom. The molecular weight excluding hydrogens is 388 g/mol. The van der Waals surface area contributed by atoms with Crippen LogP contribution in [0.15, 0.2) is 42.7 Å². The first-order valence-corrected chi connectivity index (χ1v) is 14.0. The first-order chi connectivity index (χ1) is 15.8. The van der Waals surface area contributed by atoms with Crippen LogP contribution in [-0.4, -0.2) is 4.57 Å². The molecule has 0 radical (unpaired) electrons. The van der Waals surface area contributed by atoms with E-state index in [1.807, 2.05) is 0 Å². The van der Waals surface area contributed by atoms with Gasteiger partial charge >= 0.3 is 0 Å². The third kappa shape index (κ3) is 11.3. The Bertz CT molecular complexity index is 673. The Hall–Kier alpha value is -1.57. The van der Waals surface area contributed by atoms with Crippen LogP contribution in [0.2, 0.25) is 0 Å². The van der Waals surface area contributed by atoms with Crippen molar-refractivity contribution in [1.29, 1.82) is 0 Å². The minimum absolute atomic E-state index is 1.04. The van der Waals surface area contributed by atoms with E-state index < -0.39 is 0 Å². The number of unbranched alkanes of at least 4 members (excludes halogenated alkanes) is 14. The molecule has 2 nitrogen and oxygen atoms in total. The molecule has 0 fully saturated rings. The maximum Gasteiger partial charge on any atom is 0.260 e. The van der Waals surface area contributed by atoms with Crippen molar-refractivity contribution in [3.63, 3.8) is 0 Å². The summed E-state index contributed by atoms with van der Waals surface area (Å²) in [7, 11) is 0. The molecule has 1 aromatic heterocycles. The van der Waals surface area contributed by atoms with Crippen LogP contribution < -0.4 is 4.57 Å². The monoisotopic (exact) mass is 439 g/mol. The van der Waals surface area contributed by atoms with E-state index in [-0.39, 0.29) is 0 Å². The summed E-state index contributed by atoms with van der Waals surface area (Å²) in [5.41, 5.74) is 1.42. The summed E-state index contributed by atoms with van der Waals surface area (Å²) in [6.45, 7) is 6.93. The molecule has 0 unspecified atom stereocenters. The predicted molar refractivity (Wildman–Crippen MR) is 139 cm³/mol. The largest absolute Gasteiger partial charge is 0.260 e. The van der Waals surface area contributed by atoms with Crippen LogP contribution in [-0.2, 0) is 19.5 Å². The van der Waals surface area contributed by atoms with Gasteiger partial charge in [-0.2, -0.15) is 0 Å². The highest BCUT2D eigenvalue weighted by Crippen LogP contribution is 2.13. The van der Waals surface area contributed by atoms with Crippen LogP contribution >= 0.6 is 0 Å². The molecule has 1 aromatic carbocycles. The second-order valence-corrected chi connectivity index (χ2v) is 9.71. The second kappa shape index (κ2) is 17.9. The first kappa shape index (κ1) is 26.7. The van der Waals surface area contributed by atoms with E-state index in [0.717, 1.165) is 6.42 Å². The lowest BCUT2D eigenvalue weighted by atomic mass is 10.1. The SMILES string of the molecule is CCCCCCCCCCCn1cc[n+](CCCCCCCCC)c1Cc1ccccc1. The maximum atomic E-state index is 2.54. The Kier molecular flexibility index (Phi) is 14.9. The molecule has 0 N–H and O–H groups in total. The van der Waals surface area contributed by atoms with Crippen LogP contribution in [0.1, 0.15) is 128 Å². The summed E-state index contributed by atoms with van der Waals surface area (Å²) in [6, 6.07) is 11.0. The molecule has 0 saturated heterocycles. The number of nitrogens with zero attached hydrogens (tertiary/aromatic N) is 2. The molecule has 0 bridgehead atoms. The molecule has 0 atom stereocenters. The van der Waals surface area contributed by atoms with Gasteiger partial charge < -0.3 is 0 Å². The maximum absolute atomic E-state index is 2.54. The second-order valence-electron chi connectivity index (χ2n) is 9.71. The predicted octanol–water partition coefficient (Wildman–Crippen LogP) is 8.65. The molecule has 32 heavy (non-hydrogen) atoms. The molecule has 180 valence electrons. The smallest absolute Gasteiger partial charge is 0.234 e. The zero-order chi connectivity index (χ0) is 22.7. The van der Waals surface area contributed by atoms with Crippen molar-refractivity contribution >= 4 is 0 Å². The number of hydrogen-bond donors (Lipinski definition) is 0. The zero-order valence-corrected chi connectivity index (χ0v) is 21.4. The number of benzene rings is 1. The van der Waals surface area contributed by atoms with Crippen LogP contribution in [0.4, 0.5) is 0 Å². The summed E-state index contributed by atoms with van der Waals surface area (Å²) in [6.07, 6.45) is 27.9. The number of aromatic nitrogens is 2. The Morgan fingerprint density at radius 1 is 0.625 bits per heavy atom. The molecule has 1 heterocycles. The molecule has 2 heteroatoms. The van der Waals surface area contributed by atoms with Gasteiger partial charge in [0.15, 0.2) is 0 Å². The molecule has 2 rings (SSSR count). The van der Waals surface area contributed by atoms with Gasteiger partial charge in [0, 0.05) is 0 Å². The summed E-state index contributed by atoms with van der Waals surface area (Å²) in [5.74, 6) is 1.49. The highest BCUT2D eigenvalue weighted by Gasteiger charge is 2.17. The van der Waals surface area contributed by atoms with E-state index in [0.29, 0.717) is 0 Å². The molecule has 0 aliphatic heterocycles.